The number of aryl methyl sites for hydroxylation is 1. The summed E-state index contributed by atoms with van der Waals surface area (Å²) < 4.78 is 5.29. The maximum absolute atomic E-state index is 6.24. The molecule has 1 atom stereocenters. The fraction of sp³-hybridized carbons (Fsp3) is 0.600. The van der Waals surface area contributed by atoms with Crippen LogP contribution in [0, 0.1) is 5.92 Å². The Bertz CT molecular complexity index is 400. The number of nitrogens with one attached hydrogen (secondary N) is 1. The van der Waals surface area contributed by atoms with E-state index in [1.165, 1.54) is 30.5 Å². The Balaban J connectivity index is 2.17. The van der Waals surface area contributed by atoms with E-state index in [-0.39, 0.29) is 0 Å². The van der Waals surface area contributed by atoms with Crippen molar-refractivity contribution in [2.75, 3.05) is 20.2 Å². The molecule has 1 aliphatic heterocycles. The zero-order chi connectivity index (χ0) is 13.0. The molecule has 0 aromatic heterocycles. The summed E-state index contributed by atoms with van der Waals surface area (Å²) in [6.07, 6.45) is 4.76. The summed E-state index contributed by atoms with van der Waals surface area (Å²) >= 11 is 6.24. The molecule has 3 heteroatoms. The number of hydrogen-bond acceptors (Lipinski definition) is 2. The van der Waals surface area contributed by atoms with Crippen molar-refractivity contribution in [1.82, 2.24) is 5.32 Å². The Hall–Kier alpha value is -0.730. The van der Waals surface area contributed by atoms with E-state index < -0.39 is 0 Å². The molecule has 1 unspecified atom stereocenters. The van der Waals surface area contributed by atoms with Gasteiger partial charge in [-0.15, -0.1) is 0 Å². The van der Waals surface area contributed by atoms with Gasteiger partial charge in [-0.3, -0.25) is 0 Å². The molecule has 0 saturated carbocycles. The van der Waals surface area contributed by atoms with Crippen molar-refractivity contribution < 1.29 is 4.74 Å². The molecule has 1 N–H and O–H groups in total. The van der Waals surface area contributed by atoms with Gasteiger partial charge in [-0.1, -0.05) is 18.5 Å². The predicted octanol–water partition coefficient (Wildman–Crippen LogP) is 3.45. The van der Waals surface area contributed by atoms with Crippen LogP contribution in [0.5, 0.6) is 5.75 Å². The van der Waals surface area contributed by atoms with E-state index in [1.54, 1.807) is 7.11 Å². The maximum Gasteiger partial charge on any atom is 0.137 e. The lowest BCUT2D eigenvalue weighted by Gasteiger charge is -2.24. The average Bonchev–Trinajstić information content (AvgIpc) is 2.40. The molecule has 1 aromatic rings. The molecule has 2 rings (SSSR count). The molecule has 0 amide bonds. The third-order valence-corrected chi connectivity index (χ3v) is 4.06. The molecule has 0 aliphatic carbocycles. The van der Waals surface area contributed by atoms with Crippen molar-refractivity contribution in [3.8, 4) is 5.75 Å². The van der Waals surface area contributed by atoms with Crippen molar-refractivity contribution in [2.24, 2.45) is 5.92 Å². The van der Waals surface area contributed by atoms with Gasteiger partial charge in [-0.05, 0) is 68.0 Å². The quantitative estimate of drug-likeness (QED) is 0.902. The van der Waals surface area contributed by atoms with Gasteiger partial charge in [0.1, 0.15) is 5.75 Å². The van der Waals surface area contributed by atoms with E-state index >= 15 is 0 Å². The van der Waals surface area contributed by atoms with Crippen LogP contribution in [-0.4, -0.2) is 20.2 Å². The van der Waals surface area contributed by atoms with Crippen LogP contribution in [-0.2, 0) is 12.8 Å². The standard InChI is InChI=1S/C15H22ClNO/c1-3-12-9-15(18-2)14(16)8-13(12)7-11-5-4-6-17-10-11/h8-9,11,17H,3-7,10H2,1-2H3. The van der Waals surface area contributed by atoms with Gasteiger partial charge < -0.3 is 10.1 Å². The summed E-state index contributed by atoms with van der Waals surface area (Å²) in [5.74, 6) is 1.53. The summed E-state index contributed by atoms with van der Waals surface area (Å²) in [4.78, 5) is 0. The van der Waals surface area contributed by atoms with Gasteiger partial charge in [-0.2, -0.15) is 0 Å². The highest BCUT2D eigenvalue weighted by molar-refractivity contribution is 6.32. The number of ether oxygens (including phenoxy) is 1. The molecule has 2 nitrogen and oxygen atoms in total. The normalized spacial score (nSPS) is 19.8. The number of halogens is 1. The Morgan fingerprint density at radius 2 is 2.22 bits per heavy atom. The van der Waals surface area contributed by atoms with E-state index in [0.717, 1.165) is 36.1 Å². The minimum absolute atomic E-state index is 0.730. The van der Waals surface area contributed by atoms with E-state index in [9.17, 15) is 0 Å². The van der Waals surface area contributed by atoms with Crippen LogP contribution < -0.4 is 10.1 Å². The van der Waals surface area contributed by atoms with Crippen LogP contribution in [0.2, 0.25) is 5.02 Å². The van der Waals surface area contributed by atoms with Gasteiger partial charge in [0.25, 0.3) is 0 Å². The van der Waals surface area contributed by atoms with Gasteiger partial charge in [0, 0.05) is 0 Å². The van der Waals surface area contributed by atoms with Crippen molar-refractivity contribution in [2.45, 2.75) is 32.6 Å². The highest BCUT2D eigenvalue weighted by Crippen LogP contribution is 2.30. The van der Waals surface area contributed by atoms with Crippen molar-refractivity contribution in [3.05, 3.63) is 28.3 Å². The first-order chi connectivity index (χ1) is 8.74. The van der Waals surface area contributed by atoms with Gasteiger partial charge in [0.05, 0.1) is 12.1 Å². The Morgan fingerprint density at radius 3 is 2.83 bits per heavy atom. The van der Waals surface area contributed by atoms with Crippen LogP contribution in [0.15, 0.2) is 12.1 Å². The first-order valence-electron chi connectivity index (χ1n) is 6.80. The molecule has 1 aromatic carbocycles. The molecule has 100 valence electrons. The minimum atomic E-state index is 0.730. The molecule has 0 bridgehead atoms. The summed E-state index contributed by atoms with van der Waals surface area (Å²) in [5, 5.41) is 4.20. The zero-order valence-electron chi connectivity index (χ0n) is 11.3. The summed E-state index contributed by atoms with van der Waals surface area (Å²) in [7, 11) is 1.67. The van der Waals surface area contributed by atoms with Crippen LogP contribution >= 0.6 is 11.6 Å². The summed E-state index contributed by atoms with van der Waals surface area (Å²) in [6, 6.07) is 4.18. The number of piperidine rings is 1. The second-order valence-electron chi connectivity index (χ2n) is 5.03. The third kappa shape index (κ3) is 3.18. The highest BCUT2D eigenvalue weighted by Gasteiger charge is 2.16. The van der Waals surface area contributed by atoms with E-state index in [2.05, 4.69) is 24.4 Å². The molecule has 0 radical (unpaired) electrons. The average molecular weight is 268 g/mol. The van der Waals surface area contributed by atoms with Crippen LogP contribution in [0.3, 0.4) is 0 Å². The predicted molar refractivity (Wildman–Crippen MR) is 76.7 cm³/mol. The van der Waals surface area contributed by atoms with Crippen molar-refractivity contribution in [3.63, 3.8) is 0 Å². The Kier molecular flexibility index (Phi) is 4.90. The van der Waals surface area contributed by atoms with Gasteiger partial charge in [0.15, 0.2) is 0 Å². The second kappa shape index (κ2) is 6.44. The molecule has 1 fully saturated rings. The molecule has 1 heterocycles. The van der Waals surface area contributed by atoms with Gasteiger partial charge in [0.2, 0.25) is 0 Å². The molecule has 1 aliphatic rings. The second-order valence-corrected chi connectivity index (χ2v) is 5.43. The zero-order valence-corrected chi connectivity index (χ0v) is 12.0. The third-order valence-electron chi connectivity index (χ3n) is 3.76. The fourth-order valence-electron chi connectivity index (χ4n) is 2.72. The molecule has 1 saturated heterocycles. The number of benzene rings is 1. The number of rotatable bonds is 4. The topological polar surface area (TPSA) is 21.3 Å². The van der Waals surface area contributed by atoms with Gasteiger partial charge in [-0.25, -0.2) is 0 Å². The number of hydrogen-bond donors (Lipinski definition) is 1. The molecular weight excluding hydrogens is 246 g/mol. The Morgan fingerprint density at radius 1 is 1.39 bits per heavy atom. The fourth-order valence-corrected chi connectivity index (χ4v) is 2.98. The van der Waals surface area contributed by atoms with Crippen LogP contribution in [0.1, 0.15) is 30.9 Å². The smallest absolute Gasteiger partial charge is 0.137 e. The lowest BCUT2D eigenvalue weighted by atomic mass is 9.89. The highest BCUT2D eigenvalue weighted by atomic mass is 35.5. The first kappa shape index (κ1) is 13.7. The minimum Gasteiger partial charge on any atom is -0.495 e. The van der Waals surface area contributed by atoms with E-state index in [1.807, 2.05) is 0 Å². The van der Waals surface area contributed by atoms with Crippen LogP contribution in [0.25, 0.3) is 0 Å². The van der Waals surface area contributed by atoms with Gasteiger partial charge >= 0.3 is 0 Å². The van der Waals surface area contributed by atoms with E-state index in [4.69, 9.17) is 16.3 Å². The van der Waals surface area contributed by atoms with Crippen LogP contribution in [0.4, 0.5) is 0 Å². The van der Waals surface area contributed by atoms with E-state index in [0.29, 0.717) is 0 Å². The monoisotopic (exact) mass is 267 g/mol. The molecule has 18 heavy (non-hydrogen) atoms. The Labute approximate surface area is 115 Å². The molecule has 0 spiro atoms. The maximum atomic E-state index is 6.24. The van der Waals surface area contributed by atoms with Crippen molar-refractivity contribution >= 4 is 11.6 Å². The number of methoxy groups -OCH3 is 1. The largest absolute Gasteiger partial charge is 0.495 e. The lowest BCUT2D eigenvalue weighted by molar-refractivity contribution is 0.375. The summed E-state index contributed by atoms with van der Waals surface area (Å²) in [5.41, 5.74) is 2.75. The van der Waals surface area contributed by atoms with Crippen molar-refractivity contribution in [1.29, 1.82) is 0 Å². The molecular formula is C15H22ClNO. The first-order valence-corrected chi connectivity index (χ1v) is 7.18. The SMILES string of the molecule is CCc1cc(OC)c(Cl)cc1CC1CCCNC1. The lowest BCUT2D eigenvalue weighted by Crippen LogP contribution is -2.31. The summed E-state index contributed by atoms with van der Waals surface area (Å²) in [6.45, 7) is 4.48.